The minimum Gasteiger partial charge on any atom is -0.481 e. The maximum atomic E-state index is 10.8. The molecule has 3 nitrogen and oxygen atoms in total. The number of carboxylic acids is 1. The van der Waals surface area contributed by atoms with Crippen LogP contribution in [-0.4, -0.2) is 21.8 Å². The van der Waals surface area contributed by atoms with Crippen LogP contribution in [0.25, 0.3) is 0 Å². The molecule has 3 heteroatoms. The van der Waals surface area contributed by atoms with Gasteiger partial charge in [-0.1, -0.05) is 59.8 Å². The second-order valence-electron chi connectivity index (χ2n) is 6.02. The number of carbonyl (C=O) groups is 1. The lowest BCUT2D eigenvalue weighted by Crippen LogP contribution is -2.44. The Balaban J connectivity index is 4.26. The van der Waals surface area contributed by atoms with E-state index in [2.05, 4.69) is 6.92 Å². The highest BCUT2D eigenvalue weighted by Gasteiger charge is 2.41. The Morgan fingerprint density at radius 1 is 1.06 bits per heavy atom. The molecule has 0 amide bonds. The minimum absolute atomic E-state index is 0.162. The van der Waals surface area contributed by atoms with Crippen LogP contribution in [0.15, 0.2) is 0 Å². The second kappa shape index (κ2) is 7.00. The molecule has 0 rings (SSSR count). The molecule has 0 aromatic rings. The Bertz CT molecular complexity index is 230. The van der Waals surface area contributed by atoms with Gasteiger partial charge in [-0.25, -0.2) is 0 Å². The lowest BCUT2D eigenvalue weighted by molar-refractivity contribution is -0.149. The molecule has 0 heterocycles. The van der Waals surface area contributed by atoms with E-state index < -0.39 is 17.0 Å². The van der Waals surface area contributed by atoms with Crippen molar-refractivity contribution in [3.8, 4) is 0 Å². The molecule has 0 saturated carbocycles. The van der Waals surface area contributed by atoms with Gasteiger partial charge in [0.05, 0.1) is 12.0 Å². The van der Waals surface area contributed by atoms with Crippen LogP contribution in [0.5, 0.6) is 0 Å². The molecule has 1 unspecified atom stereocenters. The molecule has 0 aromatic carbocycles. The molecule has 0 aliphatic carbocycles. The summed E-state index contributed by atoms with van der Waals surface area (Å²) in [7, 11) is 0. The van der Waals surface area contributed by atoms with Crippen LogP contribution in [0.3, 0.4) is 0 Å². The summed E-state index contributed by atoms with van der Waals surface area (Å²) in [5.41, 5.74) is -1.48. The van der Waals surface area contributed by atoms with Gasteiger partial charge in [0.25, 0.3) is 0 Å². The Morgan fingerprint density at radius 2 is 1.59 bits per heavy atom. The van der Waals surface area contributed by atoms with Crippen molar-refractivity contribution in [3.63, 3.8) is 0 Å². The fourth-order valence-corrected chi connectivity index (χ4v) is 2.00. The van der Waals surface area contributed by atoms with Crippen LogP contribution in [-0.2, 0) is 4.79 Å². The summed E-state index contributed by atoms with van der Waals surface area (Å²) in [6.07, 6.45) is 5.97. The molecule has 0 saturated heterocycles. The Labute approximate surface area is 105 Å². The van der Waals surface area contributed by atoms with E-state index in [4.69, 9.17) is 5.11 Å². The molecule has 2 N–H and O–H groups in total. The van der Waals surface area contributed by atoms with Gasteiger partial charge >= 0.3 is 5.97 Å². The lowest BCUT2D eigenvalue weighted by Gasteiger charge is -2.39. The van der Waals surface area contributed by atoms with Crippen LogP contribution >= 0.6 is 0 Å². The van der Waals surface area contributed by atoms with Gasteiger partial charge in [0.15, 0.2) is 0 Å². The average Bonchev–Trinajstić information content (AvgIpc) is 2.14. The zero-order valence-corrected chi connectivity index (χ0v) is 11.8. The fraction of sp³-hybridized carbons (Fsp3) is 0.929. The number of aliphatic hydroxyl groups is 1. The van der Waals surface area contributed by atoms with Gasteiger partial charge in [0.2, 0.25) is 0 Å². The Morgan fingerprint density at radius 3 is 2.00 bits per heavy atom. The first-order chi connectivity index (χ1) is 7.73. The van der Waals surface area contributed by atoms with E-state index in [-0.39, 0.29) is 6.42 Å². The van der Waals surface area contributed by atoms with Gasteiger partial charge in [-0.2, -0.15) is 0 Å². The highest BCUT2D eigenvalue weighted by atomic mass is 16.4. The SMILES string of the molecule is CCCCCCCC(O)(CC(=O)O)C(C)(C)C. The third kappa shape index (κ3) is 6.06. The van der Waals surface area contributed by atoms with Crippen molar-refractivity contribution in [2.75, 3.05) is 0 Å². The Kier molecular flexibility index (Phi) is 6.76. The van der Waals surface area contributed by atoms with Crippen molar-refractivity contribution >= 4 is 5.97 Å². The molecule has 0 aliphatic rings. The second-order valence-corrected chi connectivity index (χ2v) is 6.02. The molecule has 0 aliphatic heterocycles. The molecule has 0 fully saturated rings. The lowest BCUT2D eigenvalue weighted by atomic mass is 9.71. The van der Waals surface area contributed by atoms with Gasteiger partial charge in [-0.05, 0) is 11.8 Å². The summed E-state index contributed by atoms with van der Waals surface area (Å²) in [6, 6.07) is 0. The summed E-state index contributed by atoms with van der Waals surface area (Å²) < 4.78 is 0. The number of unbranched alkanes of at least 4 members (excludes halogenated alkanes) is 4. The Hall–Kier alpha value is -0.570. The molecule has 0 aromatic heterocycles. The van der Waals surface area contributed by atoms with Crippen molar-refractivity contribution in [1.29, 1.82) is 0 Å². The monoisotopic (exact) mass is 244 g/mol. The third-order valence-corrected chi connectivity index (χ3v) is 3.53. The van der Waals surface area contributed by atoms with Gasteiger partial charge in [0.1, 0.15) is 0 Å². The number of hydrogen-bond donors (Lipinski definition) is 2. The van der Waals surface area contributed by atoms with E-state index in [9.17, 15) is 9.90 Å². The summed E-state index contributed by atoms with van der Waals surface area (Å²) in [5, 5.41) is 19.4. The van der Waals surface area contributed by atoms with Crippen molar-refractivity contribution < 1.29 is 15.0 Å². The normalized spacial score (nSPS) is 15.6. The molecule has 0 spiro atoms. The molecular weight excluding hydrogens is 216 g/mol. The van der Waals surface area contributed by atoms with Gasteiger partial charge in [-0.15, -0.1) is 0 Å². The van der Waals surface area contributed by atoms with E-state index in [1.54, 1.807) is 0 Å². The average molecular weight is 244 g/mol. The van der Waals surface area contributed by atoms with Gasteiger partial charge < -0.3 is 10.2 Å². The highest BCUT2D eigenvalue weighted by Crippen LogP contribution is 2.37. The van der Waals surface area contributed by atoms with Crippen molar-refractivity contribution in [2.24, 2.45) is 5.41 Å². The van der Waals surface area contributed by atoms with E-state index in [1.165, 1.54) is 19.3 Å². The predicted octanol–water partition coefficient (Wildman–Crippen LogP) is 3.60. The molecule has 102 valence electrons. The van der Waals surface area contributed by atoms with Crippen LogP contribution in [0.1, 0.15) is 72.6 Å². The van der Waals surface area contributed by atoms with E-state index in [0.717, 1.165) is 12.8 Å². The topological polar surface area (TPSA) is 57.5 Å². The van der Waals surface area contributed by atoms with Crippen molar-refractivity contribution in [3.05, 3.63) is 0 Å². The predicted molar refractivity (Wildman–Crippen MR) is 70.0 cm³/mol. The van der Waals surface area contributed by atoms with Crippen LogP contribution in [0, 0.1) is 5.41 Å². The van der Waals surface area contributed by atoms with Crippen molar-refractivity contribution in [2.45, 2.75) is 78.2 Å². The smallest absolute Gasteiger partial charge is 0.306 e. The van der Waals surface area contributed by atoms with Crippen LogP contribution < -0.4 is 0 Å². The largest absolute Gasteiger partial charge is 0.481 e. The standard InChI is InChI=1S/C14H28O3/c1-5-6-7-8-9-10-14(17,11-12(15)16)13(2,3)4/h17H,5-11H2,1-4H3,(H,15,16). The first-order valence-electron chi connectivity index (χ1n) is 6.67. The molecule has 1 atom stereocenters. The number of aliphatic carboxylic acids is 1. The maximum Gasteiger partial charge on any atom is 0.306 e. The van der Waals surface area contributed by atoms with Crippen LogP contribution in [0.4, 0.5) is 0 Å². The van der Waals surface area contributed by atoms with E-state index in [1.807, 2.05) is 20.8 Å². The van der Waals surface area contributed by atoms with Gasteiger partial charge in [0, 0.05) is 0 Å². The first-order valence-corrected chi connectivity index (χ1v) is 6.67. The molecule has 17 heavy (non-hydrogen) atoms. The molecular formula is C14H28O3. The fourth-order valence-electron chi connectivity index (χ4n) is 2.00. The van der Waals surface area contributed by atoms with Crippen LogP contribution in [0.2, 0.25) is 0 Å². The molecule has 0 radical (unpaired) electrons. The first kappa shape index (κ1) is 16.4. The number of carboxylic acid groups (broad SMARTS) is 1. The van der Waals surface area contributed by atoms with Crippen molar-refractivity contribution in [1.82, 2.24) is 0 Å². The zero-order chi connectivity index (χ0) is 13.5. The summed E-state index contributed by atoms with van der Waals surface area (Å²) in [4.78, 5) is 10.8. The number of rotatable bonds is 8. The minimum atomic E-state index is -1.09. The van der Waals surface area contributed by atoms with E-state index in [0.29, 0.717) is 6.42 Å². The quantitative estimate of drug-likeness (QED) is 0.641. The zero-order valence-electron chi connectivity index (χ0n) is 11.8. The highest BCUT2D eigenvalue weighted by molar-refractivity contribution is 5.68. The van der Waals surface area contributed by atoms with E-state index >= 15 is 0 Å². The summed E-state index contributed by atoms with van der Waals surface area (Å²) in [5.74, 6) is -0.920. The van der Waals surface area contributed by atoms with Gasteiger partial charge in [-0.3, -0.25) is 4.79 Å². The summed E-state index contributed by atoms with van der Waals surface area (Å²) >= 11 is 0. The number of hydrogen-bond acceptors (Lipinski definition) is 2. The maximum absolute atomic E-state index is 10.8. The third-order valence-electron chi connectivity index (χ3n) is 3.53. The summed E-state index contributed by atoms with van der Waals surface area (Å²) in [6.45, 7) is 7.88. The molecule has 0 bridgehead atoms.